The largest absolute Gasteiger partial charge is 0.376 e. The highest BCUT2D eigenvalue weighted by Crippen LogP contribution is 2.37. The predicted molar refractivity (Wildman–Crippen MR) is 95.6 cm³/mol. The van der Waals surface area contributed by atoms with Crippen LogP contribution in [0.3, 0.4) is 0 Å². The molecule has 5 heteroatoms. The molecule has 0 aliphatic carbocycles. The van der Waals surface area contributed by atoms with E-state index in [-0.39, 0.29) is 17.6 Å². The second-order valence-corrected chi connectivity index (χ2v) is 6.96. The number of aromatic nitrogens is 1. The molecule has 2 aliphatic rings. The van der Waals surface area contributed by atoms with Crippen molar-refractivity contribution in [3.05, 3.63) is 42.1 Å². The van der Waals surface area contributed by atoms with E-state index >= 15 is 0 Å². The fourth-order valence-electron chi connectivity index (χ4n) is 3.96. The number of likely N-dealkylation sites (tertiary alicyclic amines) is 1. The van der Waals surface area contributed by atoms with Crippen LogP contribution < -0.4 is 0 Å². The number of carbonyl (C=O) groups excluding carboxylic acids is 1. The van der Waals surface area contributed by atoms with Gasteiger partial charge >= 0.3 is 0 Å². The van der Waals surface area contributed by atoms with E-state index in [1.54, 1.807) is 0 Å². The quantitative estimate of drug-likeness (QED) is 0.862. The van der Waals surface area contributed by atoms with Crippen molar-refractivity contribution in [2.24, 2.45) is 0 Å². The third-order valence-electron chi connectivity index (χ3n) is 5.36. The Morgan fingerprint density at radius 3 is 2.88 bits per heavy atom. The molecule has 1 aromatic heterocycles. The zero-order valence-electron chi connectivity index (χ0n) is 14.6. The van der Waals surface area contributed by atoms with E-state index in [9.17, 15) is 4.79 Å². The average molecular weight is 340 g/mol. The van der Waals surface area contributed by atoms with Crippen LogP contribution in [0.25, 0.3) is 10.9 Å². The third kappa shape index (κ3) is 3.26. The molecule has 2 saturated heterocycles. The van der Waals surface area contributed by atoms with Gasteiger partial charge in [-0.2, -0.15) is 0 Å². The molecule has 0 bridgehead atoms. The van der Waals surface area contributed by atoms with Gasteiger partial charge in [0.2, 0.25) is 0 Å². The predicted octanol–water partition coefficient (Wildman–Crippen LogP) is 3.04. The van der Waals surface area contributed by atoms with Crippen molar-refractivity contribution >= 4 is 16.8 Å². The highest BCUT2D eigenvalue weighted by atomic mass is 16.6. The maximum atomic E-state index is 12.8. The molecular formula is C20H24N2O3. The van der Waals surface area contributed by atoms with Gasteiger partial charge in [0.05, 0.1) is 23.8 Å². The summed E-state index contributed by atoms with van der Waals surface area (Å²) in [5, 5.41) is 1.05. The first-order valence-corrected chi connectivity index (χ1v) is 9.10. The summed E-state index contributed by atoms with van der Waals surface area (Å²) in [5.74, 6) is 0.0139. The minimum atomic E-state index is -0.104. The number of hydrogen-bond donors (Lipinski definition) is 0. The molecule has 0 N–H and O–H groups in total. The lowest BCUT2D eigenvalue weighted by molar-refractivity contribution is -0.0408. The van der Waals surface area contributed by atoms with Gasteiger partial charge in [0.15, 0.2) is 0 Å². The smallest absolute Gasteiger partial charge is 0.272 e. The summed E-state index contributed by atoms with van der Waals surface area (Å²) in [7, 11) is 0. The molecule has 2 aromatic rings. The van der Waals surface area contributed by atoms with Gasteiger partial charge in [-0.3, -0.25) is 4.79 Å². The normalized spacial score (nSPS) is 22.6. The monoisotopic (exact) mass is 340 g/mol. The highest BCUT2D eigenvalue weighted by molar-refractivity contribution is 5.95. The Hall–Kier alpha value is -1.98. The zero-order valence-corrected chi connectivity index (χ0v) is 14.6. The van der Waals surface area contributed by atoms with Crippen LogP contribution in [-0.2, 0) is 9.47 Å². The number of ether oxygens (including phenoxy) is 2. The number of carbonyl (C=O) groups is 1. The van der Waals surface area contributed by atoms with E-state index in [0.717, 1.165) is 36.8 Å². The first-order valence-electron chi connectivity index (χ1n) is 9.10. The summed E-state index contributed by atoms with van der Waals surface area (Å²) in [6, 6.07) is 11.7. The van der Waals surface area contributed by atoms with Crippen LogP contribution in [0.4, 0.5) is 0 Å². The molecule has 132 valence electrons. The topological polar surface area (TPSA) is 51.7 Å². The minimum absolute atomic E-state index is 0.0139. The van der Waals surface area contributed by atoms with E-state index in [2.05, 4.69) is 4.98 Å². The van der Waals surface area contributed by atoms with Crippen LogP contribution in [-0.4, -0.2) is 53.8 Å². The number of para-hydroxylation sites is 1. The Kier molecular flexibility index (Phi) is 4.44. The van der Waals surface area contributed by atoms with E-state index in [1.807, 2.05) is 48.2 Å². The fourth-order valence-corrected chi connectivity index (χ4v) is 3.96. The molecule has 25 heavy (non-hydrogen) atoms. The molecule has 5 nitrogen and oxygen atoms in total. The zero-order chi connectivity index (χ0) is 17.3. The lowest BCUT2D eigenvalue weighted by Gasteiger charge is -2.38. The molecule has 1 amide bonds. The Morgan fingerprint density at radius 1 is 1.28 bits per heavy atom. The van der Waals surface area contributed by atoms with Crippen molar-refractivity contribution in [2.45, 2.75) is 37.9 Å². The maximum Gasteiger partial charge on any atom is 0.272 e. The SMILES string of the molecule is CCO[C@H]1COC2(CCN(C(=O)c3ccc4ccccc4n3)CC2)C1. The van der Waals surface area contributed by atoms with Crippen LogP contribution in [0.5, 0.6) is 0 Å². The Labute approximate surface area is 147 Å². The minimum Gasteiger partial charge on any atom is -0.376 e. The molecule has 2 aliphatic heterocycles. The molecule has 0 unspecified atom stereocenters. The first kappa shape index (κ1) is 16.5. The van der Waals surface area contributed by atoms with Crippen molar-refractivity contribution in [1.82, 2.24) is 9.88 Å². The van der Waals surface area contributed by atoms with Crippen molar-refractivity contribution in [1.29, 1.82) is 0 Å². The van der Waals surface area contributed by atoms with Crippen LogP contribution >= 0.6 is 0 Å². The molecule has 1 aromatic carbocycles. The van der Waals surface area contributed by atoms with Gasteiger partial charge in [0.25, 0.3) is 5.91 Å². The van der Waals surface area contributed by atoms with Gasteiger partial charge in [0.1, 0.15) is 5.69 Å². The Balaban J connectivity index is 1.42. The van der Waals surface area contributed by atoms with E-state index < -0.39 is 0 Å². The molecule has 0 saturated carbocycles. The van der Waals surface area contributed by atoms with Crippen LogP contribution in [0, 0.1) is 0 Å². The number of rotatable bonds is 3. The van der Waals surface area contributed by atoms with Gasteiger partial charge in [-0.05, 0) is 31.9 Å². The van der Waals surface area contributed by atoms with E-state index in [4.69, 9.17) is 9.47 Å². The number of amides is 1. The molecule has 1 atom stereocenters. The Bertz CT molecular complexity index is 768. The van der Waals surface area contributed by atoms with Gasteiger partial charge in [-0.15, -0.1) is 0 Å². The van der Waals surface area contributed by atoms with Gasteiger partial charge in [-0.1, -0.05) is 24.3 Å². The van der Waals surface area contributed by atoms with Gasteiger partial charge < -0.3 is 14.4 Å². The highest BCUT2D eigenvalue weighted by Gasteiger charge is 2.43. The van der Waals surface area contributed by atoms with Crippen molar-refractivity contribution in [3.8, 4) is 0 Å². The molecule has 3 heterocycles. The van der Waals surface area contributed by atoms with E-state index in [0.29, 0.717) is 25.4 Å². The first-order chi connectivity index (χ1) is 12.2. The summed E-state index contributed by atoms with van der Waals surface area (Å²) >= 11 is 0. The molecule has 2 fully saturated rings. The lowest BCUT2D eigenvalue weighted by Crippen LogP contribution is -2.46. The second-order valence-electron chi connectivity index (χ2n) is 6.96. The molecule has 1 spiro atoms. The second kappa shape index (κ2) is 6.73. The molecule has 0 radical (unpaired) electrons. The molecular weight excluding hydrogens is 316 g/mol. The lowest BCUT2D eigenvalue weighted by atomic mass is 9.88. The summed E-state index contributed by atoms with van der Waals surface area (Å²) in [6.45, 7) is 4.84. The van der Waals surface area contributed by atoms with Crippen LogP contribution in [0.2, 0.25) is 0 Å². The van der Waals surface area contributed by atoms with Crippen LogP contribution in [0.15, 0.2) is 36.4 Å². The molecule has 4 rings (SSSR count). The van der Waals surface area contributed by atoms with Crippen molar-refractivity contribution in [3.63, 3.8) is 0 Å². The van der Waals surface area contributed by atoms with Gasteiger partial charge in [0, 0.05) is 31.5 Å². The van der Waals surface area contributed by atoms with Gasteiger partial charge in [-0.25, -0.2) is 4.98 Å². The summed E-state index contributed by atoms with van der Waals surface area (Å²) < 4.78 is 11.8. The standard InChI is InChI=1S/C20H24N2O3/c1-2-24-16-13-20(25-14-16)9-11-22(12-10-20)19(23)18-8-7-15-5-3-4-6-17(15)21-18/h3-8,16H,2,9-14H2,1H3/t16-/m1/s1. The summed E-state index contributed by atoms with van der Waals surface area (Å²) in [5.41, 5.74) is 1.28. The van der Waals surface area contributed by atoms with E-state index in [1.165, 1.54) is 0 Å². The number of hydrogen-bond acceptors (Lipinski definition) is 4. The average Bonchev–Trinajstić information content (AvgIpc) is 3.04. The summed E-state index contributed by atoms with van der Waals surface area (Å²) in [4.78, 5) is 19.2. The van der Waals surface area contributed by atoms with Crippen molar-refractivity contribution in [2.75, 3.05) is 26.3 Å². The number of benzene rings is 1. The fraction of sp³-hybridized carbons (Fsp3) is 0.500. The van der Waals surface area contributed by atoms with Crippen LogP contribution in [0.1, 0.15) is 36.7 Å². The number of nitrogens with zero attached hydrogens (tertiary/aromatic N) is 2. The number of pyridine rings is 1. The number of piperidine rings is 1. The summed E-state index contributed by atoms with van der Waals surface area (Å²) in [6.07, 6.45) is 2.89. The number of fused-ring (bicyclic) bond motifs is 1. The Morgan fingerprint density at radius 2 is 2.08 bits per heavy atom. The maximum absolute atomic E-state index is 12.8. The van der Waals surface area contributed by atoms with Crippen molar-refractivity contribution < 1.29 is 14.3 Å². The third-order valence-corrected chi connectivity index (χ3v) is 5.36.